The molecular formula is C13H15F3N2O2. The first kappa shape index (κ1) is 14.6. The molecular weight excluding hydrogens is 273 g/mol. The van der Waals surface area contributed by atoms with E-state index in [-0.39, 0.29) is 19.7 Å². The van der Waals surface area contributed by atoms with Crippen molar-refractivity contribution in [1.29, 1.82) is 0 Å². The van der Waals surface area contributed by atoms with E-state index in [0.29, 0.717) is 6.54 Å². The highest BCUT2D eigenvalue weighted by Gasteiger charge is 2.47. The van der Waals surface area contributed by atoms with Crippen molar-refractivity contribution in [2.24, 2.45) is 0 Å². The van der Waals surface area contributed by atoms with E-state index in [1.54, 1.807) is 30.3 Å². The fourth-order valence-electron chi connectivity index (χ4n) is 2.02. The van der Waals surface area contributed by atoms with Gasteiger partial charge in [-0.25, -0.2) is 4.79 Å². The first-order chi connectivity index (χ1) is 9.48. The number of nitrogens with one attached hydrogen (secondary N) is 1. The van der Waals surface area contributed by atoms with Gasteiger partial charge < -0.3 is 10.1 Å². The Labute approximate surface area is 114 Å². The van der Waals surface area contributed by atoms with Gasteiger partial charge in [0.25, 0.3) is 0 Å². The first-order valence-electron chi connectivity index (χ1n) is 6.23. The van der Waals surface area contributed by atoms with E-state index in [9.17, 15) is 18.0 Å². The van der Waals surface area contributed by atoms with Crippen LogP contribution in [0.1, 0.15) is 5.56 Å². The zero-order valence-corrected chi connectivity index (χ0v) is 10.7. The van der Waals surface area contributed by atoms with Crippen molar-refractivity contribution < 1.29 is 22.7 Å². The topological polar surface area (TPSA) is 41.6 Å². The number of halogens is 3. The minimum Gasteiger partial charge on any atom is -0.445 e. The summed E-state index contributed by atoms with van der Waals surface area (Å²) in [7, 11) is 0. The summed E-state index contributed by atoms with van der Waals surface area (Å²) in [6, 6.07) is 7.00. The Bertz CT molecular complexity index is 451. The monoisotopic (exact) mass is 288 g/mol. The first-order valence-corrected chi connectivity index (χ1v) is 6.23. The highest BCUT2D eigenvalue weighted by molar-refractivity contribution is 5.68. The number of piperazine rings is 1. The number of hydrogen-bond donors (Lipinski definition) is 1. The Morgan fingerprint density at radius 2 is 2.05 bits per heavy atom. The largest absolute Gasteiger partial charge is 0.445 e. The molecule has 1 amide bonds. The molecule has 20 heavy (non-hydrogen) atoms. The Kier molecular flexibility index (Phi) is 4.49. The van der Waals surface area contributed by atoms with Crippen LogP contribution in [0.5, 0.6) is 0 Å². The van der Waals surface area contributed by atoms with Crippen molar-refractivity contribution in [3.8, 4) is 0 Å². The molecule has 0 bridgehead atoms. The molecule has 1 aromatic carbocycles. The van der Waals surface area contributed by atoms with Crippen LogP contribution in [0.4, 0.5) is 18.0 Å². The number of ether oxygens (including phenoxy) is 1. The third kappa shape index (κ3) is 3.63. The van der Waals surface area contributed by atoms with Gasteiger partial charge in [0.1, 0.15) is 12.6 Å². The molecule has 0 unspecified atom stereocenters. The number of amides is 1. The van der Waals surface area contributed by atoms with Gasteiger partial charge in [-0.05, 0) is 5.56 Å². The second-order valence-corrected chi connectivity index (χ2v) is 4.50. The average molecular weight is 288 g/mol. The van der Waals surface area contributed by atoms with E-state index in [1.165, 1.54) is 0 Å². The van der Waals surface area contributed by atoms with Crippen LogP contribution < -0.4 is 5.32 Å². The normalized spacial score (nSPS) is 19.8. The lowest BCUT2D eigenvalue weighted by Gasteiger charge is -2.36. The van der Waals surface area contributed by atoms with Crippen LogP contribution in [0.15, 0.2) is 30.3 Å². The Morgan fingerprint density at radius 1 is 1.35 bits per heavy atom. The molecule has 1 aliphatic rings. The van der Waals surface area contributed by atoms with Crippen molar-refractivity contribution in [3.63, 3.8) is 0 Å². The van der Waals surface area contributed by atoms with Crippen LogP contribution >= 0.6 is 0 Å². The van der Waals surface area contributed by atoms with Crippen molar-refractivity contribution in [1.82, 2.24) is 10.2 Å². The van der Waals surface area contributed by atoms with Gasteiger partial charge in [0.05, 0.1) is 0 Å². The zero-order valence-electron chi connectivity index (χ0n) is 10.7. The van der Waals surface area contributed by atoms with Crippen LogP contribution in [0.3, 0.4) is 0 Å². The molecule has 1 fully saturated rings. The van der Waals surface area contributed by atoms with Crippen molar-refractivity contribution in [2.75, 3.05) is 19.6 Å². The summed E-state index contributed by atoms with van der Waals surface area (Å²) < 4.78 is 43.4. The van der Waals surface area contributed by atoms with E-state index in [0.717, 1.165) is 10.5 Å². The summed E-state index contributed by atoms with van der Waals surface area (Å²) in [5.41, 5.74) is 0.736. The van der Waals surface area contributed by atoms with Gasteiger partial charge in [0.2, 0.25) is 0 Å². The van der Waals surface area contributed by atoms with Gasteiger partial charge in [0.15, 0.2) is 0 Å². The number of hydrogen-bond acceptors (Lipinski definition) is 3. The average Bonchev–Trinajstić information content (AvgIpc) is 2.45. The van der Waals surface area contributed by atoms with Gasteiger partial charge in [-0.15, -0.1) is 0 Å². The molecule has 1 saturated heterocycles. The minimum atomic E-state index is -4.46. The number of nitrogens with zero attached hydrogens (tertiary/aromatic N) is 1. The highest BCUT2D eigenvalue weighted by Crippen LogP contribution is 2.26. The second kappa shape index (κ2) is 6.13. The van der Waals surface area contributed by atoms with Gasteiger partial charge in [-0.1, -0.05) is 30.3 Å². The predicted octanol–water partition coefficient (Wildman–Crippen LogP) is 2.16. The molecule has 7 heteroatoms. The molecule has 1 heterocycles. The fourth-order valence-corrected chi connectivity index (χ4v) is 2.02. The van der Waals surface area contributed by atoms with Crippen LogP contribution in [0, 0.1) is 0 Å². The third-order valence-electron chi connectivity index (χ3n) is 3.06. The Balaban J connectivity index is 1.96. The van der Waals surface area contributed by atoms with Gasteiger partial charge in [0, 0.05) is 19.6 Å². The molecule has 0 spiro atoms. The van der Waals surface area contributed by atoms with Crippen molar-refractivity contribution >= 4 is 6.09 Å². The number of carbonyl (C=O) groups excluding carboxylic acids is 1. The van der Waals surface area contributed by atoms with E-state index in [1.807, 2.05) is 0 Å². The molecule has 0 saturated carbocycles. The molecule has 0 aromatic heterocycles. The highest BCUT2D eigenvalue weighted by atomic mass is 19.4. The van der Waals surface area contributed by atoms with Crippen molar-refractivity contribution in [2.45, 2.75) is 18.8 Å². The maximum Gasteiger partial charge on any atom is 0.410 e. The lowest BCUT2D eigenvalue weighted by atomic mass is 10.2. The van der Waals surface area contributed by atoms with Gasteiger partial charge >= 0.3 is 12.3 Å². The molecule has 0 radical (unpaired) electrons. The maximum atomic E-state index is 12.8. The van der Waals surface area contributed by atoms with E-state index in [4.69, 9.17) is 4.74 Å². The summed E-state index contributed by atoms with van der Waals surface area (Å²) in [6.45, 7) is -0.0249. The molecule has 1 aromatic rings. The summed E-state index contributed by atoms with van der Waals surface area (Å²) in [4.78, 5) is 12.5. The van der Waals surface area contributed by atoms with Gasteiger partial charge in [-0.3, -0.25) is 4.90 Å². The van der Waals surface area contributed by atoms with Crippen LogP contribution in [0.2, 0.25) is 0 Å². The second-order valence-electron chi connectivity index (χ2n) is 4.50. The number of benzene rings is 1. The third-order valence-corrected chi connectivity index (χ3v) is 3.06. The van der Waals surface area contributed by atoms with E-state index in [2.05, 4.69) is 5.32 Å². The zero-order chi connectivity index (χ0) is 14.6. The SMILES string of the molecule is O=C(OCc1ccccc1)N1CCNC[C@H]1C(F)(F)F. The standard InChI is InChI=1S/C13H15F3N2O2/c14-13(15,16)11-8-17-6-7-18(11)12(19)20-9-10-4-2-1-3-5-10/h1-5,11,17H,6-9H2/t11-/m0/s1. The summed E-state index contributed by atoms with van der Waals surface area (Å²) in [5.74, 6) is 0. The fraction of sp³-hybridized carbons (Fsp3) is 0.462. The number of alkyl halides is 3. The summed E-state index contributed by atoms with van der Waals surface area (Å²) >= 11 is 0. The lowest BCUT2D eigenvalue weighted by molar-refractivity contribution is -0.181. The molecule has 1 aliphatic heterocycles. The van der Waals surface area contributed by atoms with Crippen LogP contribution in [0.25, 0.3) is 0 Å². The Morgan fingerprint density at radius 3 is 2.70 bits per heavy atom. The smallest absolute Gasteiger partial charge is 0.410 e. The lowest BCUT2D eigenvalue weighted by Crippen LogP contribution is -2.59. The Hall–Kier alpha value is -1.76. The molecule has 4 nitrogen and oxygen atoms in total. The molecule has 1 N–H and O–H groups in total. The van der Waals surface area contributed by atoms with Crippen LogP contribution in [-0.2, 0) is 11.3 Å². The minimum absolute atomic E-state index is 0.0161. The van der Waals surface area contributed by atoms with Gasteiger partial charge in [-0.2, -0.15) is 13.2 Å². The molecule has 0 aliphatic carbocycles. The van der Waals surface area contributed by atoms with Crippen molar-refractivity contribution in [3.05, 3.63) is 35.9 Å². The predicted molar refractivity (Wildman–Crippen MR) is 66.0 cm³/mol. The molecule has 110 valence electrons. The van der Waals surface area contributed by atoms with Crippen LogP contribution in [-0.4, -0.2) is 42.8 Å². The van der Waals surface area contributed by atoms with E-state index >= 15 is 0 Å². The molecule has 1 atom stereocenters. The quantitative estimate of drug-likeness (QED) is 0.906. The summed E-state index contributed by atoms with van der Waals surface area (Å²) in [6.07, 6.45) is -5.39. The molecule has 2 rings (SSSR count). The van der Waals surface area contributed by atoms with E-state index < -0.39 is 18.3 Å². The maximum absolute atomic E-state index is 12.8. The number of carbonyl (C=O) groups is 1. The number of rotatable bonds is 2. The summed E-state index contributed by atoms with van der Waals surface area (Å²) in [5, 5.41) is 2.63.